The van der Waals surface area contributed by atoms with Gasteiger partial charge in [-0.05, 0) is 33.8 Å². The van der Waals surface area contributed by atoms with E-state index in [0.717, 1.165) is 13.0 Å². The Labute approximate surface area is 112 Å². The van der Waals surface area contributed by atoms with Crippen molar-refractivity contribution in [1.29, 1.82) is 0 Å². The van der Waals surface area contributed by atoms with E-state index in [1.54, 1.807) is 22.7 Å². The van der Waals surface area contributed by atoms with Crippen LogP contribution in [0.2, 0.25) is 0 Å². The van der Waals surface area contributed by atoms with Crippen molar-refractivity contribution in [2.45, 2.75) is 25.9 Å². The summed E-state index contributed by atoms with van der Waals surface area (Å²) in [4.78, 5) is 5.70. The Morgan fingerprint density at radius 2 is 2.31 bits per heavy atom. The van der Waals surface area contributed by atoms with Crippen LogP contribution in [0.3, 0.4) is 0 Å². The average molecular weight is 317 g/mol. The molecule has 0 aliphatic rings. The van der Waals surface area contributed by atoms with Crippen molar-refractivity contribution in [2.24, 2.45) is 0 Å². The minimum atomic E-state index is 0.369. The molecule has 1 N–H and O–H groups in total. The smallest absolute Gasteiger partial charge is 0.109 e. The minimum Gasteiger partial charge on any atom is -0.303 e. The normalized spacial score (nSPS) is 12.9. The maximum atomic E-state index is 4.36. The molecule has 0 radical (unpaired) electrons. The van der Waals surface area contributed by atoms with Crippen molar-refractivity contribution in [3.8, 4) is 0 Å². The Morgan fingerprint density at radius 1 is 1.44 bits per heavy atom. The van der Waals surface area contributed by atoms with E-state index in [2.05, 4.69) is 44.6 Å². The summed E-state index contributed by atoms with van der Waals surface area (Å²) in [6.45, 7) is 3.08. The molecule has 16 heavy (non-hydrogen) atoms. The van der Waals surface area contributed by atoms with E-state index < -0.39 is 0 Å². The predicted octanol–water partition coefficient (Wildman–Crippen LogP) is 4.21. The summed E-state index contributed by atoms with van der Waals surface area (Å²) in [5, 5.41) is 8.85. The Balaban J connectivity index is 1.96. The molecule has 0 aromatic carbocycles. The molecule has 86 valence electrons. The highest BCUT2D eigenvalue weighted by Crippen LogP contribution is 2.24. The van der Waals surface area contributed by atoms with Crippen molar-refractivity contribution in [3.05, 3.63) is 37.4 Å². The Hall–Kier alpha value is -0.230. The SMILES string of the molecule is CCC(NCc1sccc1Br)c1nccs1. The third kappa shape index (κ3) is 2.91. The Morgan fingerprint density at radius 3 is 2.88 bits per heavy atom. The standard InChI is InChI=1S/C11H13BrN2S2/c1-2-9(11-13-4-6-16-11)14-7-10-8(12)3-5-15-10/h3-6,9,14H,2,7H2,1H3. The van der Waals surface area contributed by atoms with E-state index in [9.17, 15) is 0 Å². The van der Waals surface area contributed by atoms with E-state index in [0.29, 0.717) is 6.04 Å². The van der Waals surface area contributed by atoms with Crippen molar-refractivity contribution in [3.63, 3.8) is 0 Å². The molecule has 2 aromatic rings. The van der Waals surface area contributed by atoms with E-state index >= 15 is 0 Å². The van der Waals surface area contributed by atoms with Crippen molar-refractivity contribution >= 4 is 38.6 Å². The molecule has 0 saturated heterocycles. The molecule has 0 saturated carbocycles. The lowest BCUT2D eigenvalue weighted by molar-refractivity contribution is 0.519. The van der Waals surface area contributed by atoms with Gasteiger partial charge in [-0.15, -0.1) is 22.7 Å². The van der Waals surface area contributed by atoms with Crippen LogP contribution in [0.1, 0.15) is 29.3 Å². The van der Waals surface area contributed by atoms with Crippen LogP contribution in [0.4, 0.5) is 0 Å². The number of hydrogen-bond acceptors (Lipinski definition) is 4. The number of halogens is 1. The van der Waals surface area contributed by atoms with Gasteiger partial charge >= 0.3 is 0 Å². The third-order valence-electron chi connectivity index (χ3n) is 2.36. The van der Waals surface area contributed by atoms with E-state index in [-0.39, 0.29) is 0 Å². The second-order valence-electron chi connectivity index (χ2n) is 3.40. The summed E-state index contributed by atoms with van der Waals surface area (Å²) in [6.07, 6.45) is 2.93. The maximum absolute atomic E-state index is 4.36. The lowest BCUT2D eigenvalue weighted by atomic mass is 10.2. The molecule has 0 amide bonds. The predicted molar refractivity (Wildman–Crippen MR) is 74.0 cm³/mol. The first kappa shape index (κ1) is 12.2. The summed E-state index contributed by atoms with van der Waals surface area (Å²) in [7, 11) is 0. The summed E-state index contributed by atoms with van der Waals surface area (Å²) in [6, 6.07) is 2.46. The van der Waals surface area contributed by atoms with Gasteiger partial charge in [0.25, 0.3) is 0 Å². The van der Waals surface area contributed by atoms with Crippen LogP contribution in [0.25, 0.3) is 0 Å². The highest BCUT2D eigenvalue weighted by Gasteiger charge is 2.12. The van der Waals surface area contributed by atoms with Gasteiger partial charge in [0.05, 0.1) is 6.04 Å². The van der Waals surface area contributed by atoms with E-state index in [1.807, 2.05) is 11.6 Å². The summed E-state index contributed by atoms with van der Waals surface area (Å²) in [5.41, 5.74) is 0. The van der Waals surface area contributed by atoms with Crippen molar-refractivity contribution in [1.82, 2.24) is 10.3 Å². The number of thiazole rings is 1. The van der Waals surface area contributed by atoms with Gasteiger partial charge in [-0.3, -0.25) is 0 Å². The molecule has 0 fully saturated rings. The number of rotatable bonds is 5. The van der Waals surface area contributed by atoms with Gasteiger partial charge < -0.3 is 5.32 Å². The molecule has 1 atom stereocenters. The highest BCUT2D eigenvalue weighted by molar-refractivity contribution is 9.10. The van der Waals surface area contributed by atoms with Gasteiger partial charge in [-0.25, -0.2) is 4.98 Å². The van der Waals surface area contributed by atoms with Crippen LogP contribution in [0.15, 0.2) is 27.5 Å². The zero-order chi connectivity index (χ0) is 11.4. The molecule has 2 aromatic heterocycles. The molecule has 0 bridgehead atoms. The van der Waals surface area contributed by atoms with Crippen LogP contribution in [0, 0.1) is 0 Å². The molecule has 0 spiro atoms. The fraction of sp³-hybridized carbons (Fsp3) is 0.364. The van der Waals surface area contributed by atoms with Gasteiger partial charge in [0.15, 0.2) is 0 Å². The molecule has 2 rings (SSSR count). The second-order valence-corrected chi connectivity index (χ2v) is 6.18. The molecule has 0 aliphatic heterocycles. The van der Waals surface area contributed by atoms with E-state index in [4.69, 9.17) is 0 Å². The molecule has 0 aliphatic carbocycles. The van der Waals surface area contributed by atoms with Gasteiger partial charge in [0, 0.05) is 27.5 Å². The Bertz CT molecular complexity index is 425. The average Bonchev–Trinajstić information content (AvgIpc) is 2.92. The first-order valence-corrected chi connectivity index (χ1v) is 7.71. The van der Waals surface area contributed by atoms with E-state index in [1.165, 1.54) is 14.4 Å². The lowest BCUT2D eigenvalue weighted by Gasteiger charge is -2.13. The topological polar surface area (TPSA) is 24.9 Å². The third-order valence-corrected chi connectivity index (χ3v) is 5.17. The zero-order valence-corrected chi connectivity index (χ0v) is 12.2. The quantitative estimate of drug-likeness (QED) is 0.893. The summed E-state index contributed by atoms with van der Waals surface area (Å²) in [5.74, 6) is 0. The fourth-order valence-corrected chi connectivity index (χ4v) is 3.72. The molecule has 2 nitrogen and oxygen atoms in total. The van der Waals surface area contributed by atoms with Crippen LogP contribution < -0.4 is 5.32 Å². The second kappa shape index (κ2) is 5.91. The van der Waals surface area contributed by atoms with Gasteiger partial charge in [0.2, 0.25) is 0 Å². The number of nitrogens with zero attached hydrogens (tertiary/aromatic N) is 1. The summed E-state index contributed by atoms with van der Waals surface area (Å²) < 4.78 is 1.19. The first-order chi connectivity index (χ1) is 7.81. The molecular weight excluding hydrogens is 304 g/mol. The van der Waals surface area contributed by atoms with Crippen LogP contribution in [0.5, 0.6) is 0 Å². The monoisotopic (exact) mass is 316 g/mol. The van der Waals surface area contributed by atoms with Gasteiger partial charge in [0.1, 0.15) is 5.01 Å². The van der Waals surface area contributed by atoms with Crippen molar-refractivity contribution < 1.29 is 0 Å². The molecule has 5 heteroatoms. The number of thiophene rings is 1. The fourth-order valence-electron chi connectivity index (χ4n) is 1.48. The number of nitrogens with one attached hydrogen (secondary N) is 1. The number of hydrogen-bond donors (Lipinski definition) is 1. The van der Waals surface area contributed by atoms with Crippen LogP contribution >= 0.6 is 38.6 Å². The summed E-state index contributed by atoms with van der Waals surface area (Å²) >= 11 is 7.03. The maximum Gasteiger partial charge on any atom is 0.109 e. The first-order valence-electron chi connectivity index (χ1n) is 5.16. The lowest BCUT2D eigenvalue weighted by Crippen LogP contribution is -2.19. The largest absolute Gasteiger partial charge is 0.303 e. The molecular formula is C11H13BrN2S2. The van der Waals surface area contributed by atoms with Crippen molar-refractivity contribution in [2.75, 3.05) is 0 Å². The molecule has 2 heterocycles. The zero-order valence-electron chi connectivity index (χ0n) is 8.94. The van der Waals surface area contributed by atoms with Crippen LogP contribution in [-0.4, -0.2) is 4.98 Å². The minimum absolute atomic E-state index is 0.369. The highest BCUT2D eigenvalue weighted by atomic mass is 79.9. The Kier molecular flexibility index (Phi) is 4.52. The number of aromatic nitrogens is 1. The van der Waals surface area contributed by atoms with Crippen LogP contribution in [-0.2, 0) is 6.54 Å². The van der Waals surface area contributed by atoms with Gasteiger partial charge in [-0.2, -0.15) is 0 Å². The van der Waals surface area contributed by atoms with Gasteiger partial charge in [-0.1, -0.05) is 6.92 Å². The molecule has 1 unspecified atom stereocenters.